The molecule has 2 fully saturated rings. The Morgan fingerprint density at radius 3 is 2.79 bits per heavy atom. The van der Waals surface area contributed by atoms with E-state index >= 15 is 0 Å². The summed E-state index contributed by atoms with van der Waals surface area (Å²) in [7, 11) is 0. The maximum absolute atomic E-state index is 12.3. The monoisotopic (exact) mass is 412 g/mol. The highest BCUT2D eigenvalue weighted by atomic mass is 32.1. The van der Waals surface area contributed by atoms with E-state index in [0.717, 1.165) is 4.88 Å². The fourth-order valence-electron chi connectivity index (χ4n) is 3.73. The van der Waals surface area contributed by atoms with Crippen LogP contribution in [0.4, 0.5) is 5.95 Å². The van der Waals surface area contributed by atoms with Gasteiger partial charge in [0.05, 0.1) is 38.0 Å². The maximum Gasteiger partial charge on any atom is 0.225 e. The first-order chi connectivity index (χ1) is 14.3. The zero-order valence-electron chi connectivity index (χ0n) is 15.5. The molecule has 0 bridgehead atoms. The number of hydrogen-bond donors (Lipinski definition) is 2. The third-order valence-electron chi connectivity index (χ3n) is 5.06. The molecule has 29 heavy (non-hydrogen) atoms. The number of hydrogen-bond acceptors (Lipinski definition) is 8. The summed E-state index contributed by atoms with van der Waals surface area (Å²) in [6.07, 6.45) is 3.31. The van der Waals surface area contributed by atoms with E-state index in [1.807, 2.05) is 29.6 Å². The van der Waals surface area contributed by atoms with Crippen molar-refractivity contribution < 1.29 is 18.7 Å². The highest BCUT2D eigenvalue weighted by Gasteiger charge is 2.48. The van der Waals surface area contributed by atoms with Gasteiger partial charge in [-0.15, -0.1) is 11.3 Å². The van der Waals surface area contributed by atoms with Crippen molar-refractivity contribution in [3.05, 3.63) is 53.0 Å². The van der Waals surface area contributed by atoms with E-state index < -0.39 is 0 Å². The van der Waals surface area contributed by atoms with Crippen LogP contribution in [0.3, 0.4) is 0 Å². The second-order valence-electron chi connectivity index (χ2n) is 7.02. The molecule has 2 aliphatic heterocycles. The van der Waals surface area contributed by atoms with Gasteiger partial charge in [0.1, 0.15) is 17.9 Å². The molecule has 0 saturated carbocycles. The van der Waals surface area contributed by atoms with Crippen LogP contribution in [-0.4, -0.2) is 53.4 Å². The van der Waals surface area contributed by atoms with E-state index in [1.54, 1.807) is 29.9 Å². The molecular weight excluding hydrogens is 392 g/mol. The number of anilines is 1. The van der Waals surface area contributed by atoms with Crippen molar-refractivity contribution in [1.82, 2.24) is 15.3 Å². The van der Waals surface area contributed by atoms with Crippen LogP contribution >= 0.6 is 11.3 Å². The van der Waals surface area contributed by atoms with Crippen LogP contribution in [0, 0.1) is 0 Å². The molecule has 0 aromatic carbocycles. The average Bonchev–Trinajstić information content (AvgIpc) is 3.50. The fourth-order valence-corrected chi connectivity index (χ4v) is 4.44. The van der Waals surface area contributed by atoms with Gasteiger partial charge in [-0.25, -0.2) is 9.97 Å². The molecule has 5 heterocycles. The van der Waals surface area contributed by atoms with Crippen LogP contribution in [0.15, 0.2) is 52.6 Å². The molecule has 4 unspecified atom stereocenters. The molecule has 2 saturated heterocycles. The molecule has 4 atom stereocenters. The molecule has 0 radical (unpaired) electrons. The lowest BCUT2D eigenvalue weighted by Gasteiger charge is -2.18. The molecular formula is C20H20N4O4S. The largest absolute Gasteiger partial charge is 0.463 e. The summed E-state index contributed by atoms with van der Waals surface area (Å²) in [6, 6.07) is 9.12. The molecule has 9 heteroatoms. The van der Waals surface area contributed by atoms with E-state index in [1.165, 1.54) is 0 Å². The highest BCUT2D eigenvalue weighted by Crippen LogP contribution is 2.29. The third kappa shape index (κ3) is 3.89. The second-order valence-corrected chi connectivity index (χ2v) is 8.05. The van der Waals surface area contributed by atoms with Gasteiger partial charge in [0, 0.05) is 11.1 Å². The Labute approximate surface area is 171 Å². The van der Waals surface area contributed by atoms with Gasteiger partial charge in [0.25, 0.3) is 0 Å². The van der Waals surface area contributed by atoms with Crippen LogP contribution in [0.1, 0.15) is 4.88 Å². The van der Waals surface area contributed by atoms with E-state index in [9.17, 15) is 4.79 Å². The standard InChI is InChI=1S/C20H20N4O4S/c25-17(9-12-3-2-8-29-12)22-14-10-27-19-15(11-28-18(14)19)24-20-21-6-5-13(23-20)16-4-1-7-26-16/h1-8,14-15,18-19H,9-11H2,(H,22,25)(H,21,23,24). The minimum absolute atomic E-state index is 0.0174. The minimum atomic E-state index is -0.187. The van der Waals surface area contributed by atoms with E-state index in [-0.39, 0.29) is 30.2 Å². The summed E-state index contributed by atoms with van der Waals surface area (Å²) >= 11 is 1.58. The Hall–Kier alpha value is -2.75. The molecule has 0 spiro atoms. The number of thiophene rings is 1. The average molecular weight is 412 g/mol. The number of amides is 1. The van der Waals surface area contributed by atoms with Gasteiger partial charge in [-0.1, -0.05) is 6.07 Å². The van der Waals surface area contributed by atoms with Crippen molar-refractivity contribution in [1.29, 1.82) is 0 Å². The van der Waals surface area contributed by atoms with Gasteiger partial charge < -0.3 is 24.5 Å². The fraction of sp³-hybridized carbons (Fsp3) is 0.350. The molecule has 8 nitrogen and oxygen atoms in total. The molecule has 5 rings (SSSR count). The number of rotatable bonds is 6. The zero-order chi connectivity index (χ0) is 19.6. The highest BCUT2D eigenvalue weighted by molar-refractivity contribution is 7.10. The predicted octanol–water partition coefficient (Wildman–Crippen LogP) is 2.10. The Morgan fingerprint density at radius 1 is 1.14 bits per heavy atom. The van der Waals surface area contributed by atoms with Crippen molar-refractivity contribution in [3.63, 3.8) is 0 Å². The first-order valence-corrected chi connectivity index (χ1v) is 10.3. The van der Waals surface area contributed by atoms with Crippen LogP contribution in [-0.2, 0) is 20.7 Å². The van der Waals surface area contributed by atoms with Crippen LogP contribution in [0.25, 0.3) is 11.5 Å². The quantitative estimate of drug-likeness (QED) is 0.640. The van der Waals surface area contributed by atoms with Crippen molar-refractivity contribution in [3.8, 4) is 11.5 Å². The van der Waals surface area contributed by atoms with Crippen molar-refractivity contribution in [2.24, 2.45) is 0 Å². The Morgan fingerprint density at radius 2 is 2.00 bits per heavy atom. The second kappa shape index (κ2) is 7.94. The summed E-state index contributed by atoms with van der Waals surface area (Å²) in [5.41, 5.74) is 0.703. The SMILES string of the molecule is O=C(Cc1cccs1)NC1COC2C(Nc3nccc(-c4ccco4)n3)COC12. The number of carbonyl (C=O) groups is 1. The number of nitrogens with one attached hydrogen (secondary N) is 2. The van der Waals surface area contributed by atoms with Crippen LogP contribution in [0.2, 0.25) is 0 Å². The lowest BCUT2D eigenvalue weighted by atomic mass is 10.1. The van der Waals surface area contributed by atoms with E-state index in [2.05, 4.69) is 20.6 Å². The van der Waals surface area contributed by atoms with Crippen molar-refractivity contribution in [2.45, 2.75) is 30.7 Å². The molecule has 3 aromatic rings. The topological polar surface area (TPSA) is 98.5 Å². The first kappa shape index (κ1) is 18.3. The maximum atomic E-state index is 12.3. The first-order valence-electron chi connectivity index (χ1n) is 9.45. The van der Waals surface area contributed by atoms with Crippen molar-refractivity contribution in [2.75, 3.05) is 18.5 Å². The summed E-state index contributed by atoms with van der Waals surface area (Å²) in [5.74, 6) is 1.15. The van der Waals surface area contributed by atoms with Gasteiger partial charge in [0.15, 0.2) is 5.76 Å². The zero-order valence-corrected chi connectivity index (χ0v) is 16.3. The van der Waals surface area contributed by atoms with Gasteiger partial charge in [-0.05, 0) is 29.6 Å². The minimum Gasteiger partial charge on any atom is -0.463 e. The van der Waals surface area contributed by atoms with Gasteiger partial charge in [-0.2, -0.15) is 0 Å². The molecule has 0 aliphatic carbocycles. The van der Waals surface area contributed by atoms with E-state index in [4.69, 9.17) is 13.9 Å². The third-order valence-corrected chi connectivity index (χ3v) is 5.93. The van der Waals surface area contributed by atoms with Crippen LogP contribution < -0.4 is 10.6 Å². The Bertz CT molecular complexity index is 963. The Kier molecular flexibility index (Phi) is 5.01. The number of fused-ring (bicyclic) bond motifs is 1. The number of carbonyl (C=O) groups excluding carboxylic acids is 1. The van der Waals surface area contributed by atoms with Gasteiger partial charge >= 0.3 is 0 Å². The van der Waals surface area contributed by atoms with E-state index in [0.29, 0.717) is 37.0 Å². The van der Waals surface area contributed by atoms with Crippen molar-refractivity contribution >= 4 is 23.2 Å². The van der Waals surface area contributed by atoms with Gasteiger partial charge in [-0.3, -0.25) is 4.79 Å². The Balaban J connectivity index is 1.20. The van der Waals surface area contributed by atoms with Gasteiger partial charge in [0.2, 0.25) is 11.9 Å². The summed E-state index contributed by atoms with van der Waals surface area (Å²) < 4.78 is 17.3. The molecule has 150 valence electrons. The molecule has 2 N–H and O–H groups in total. The number of furan rings is 1. The molecule has 1 amide bonds. The smallest absolute Gasteiger partial charge is 0.225 e. The number of ether oxygens (including phenoxy) is 2. The normalized spacial score (nSPS) is 25.7. The summed E-state index contributed by atoms with van der Waals surface area (Å²) in [4.78, 5) is 22.2. The lowest BCUT2D eigenvalue weighted by molar-refractivity contribution is -0.121. The number of nitrogens with zero attached hydrogens (tertiary/aromatic N) is 2. The summed E-state index contributed by atoms with van der Waals surface area (Å²) in [6.45, 7) is 0.887. The predicted molar refractivity (Wildman–Crippen MR) is 107 cm³/mol. The molecule has 3 aromatic heterocycles. The molecule has 2 aliphatic rings. The van der Waals surface area contributed by atoms with Crippen LogP contribution in [0.5, 0.6) is 0 Å². The lowest BCUT2D eigenvalue weighted by Crippen LogP contribution is -2.45. The summed E-state index contributed by atoms with van der Waals surface area (Å²) in [5, 5.41) is 8.32. The number of aromatic nitrogens is 2.